The van der Waals surface area contributed by atoms with Crippen LogP contribution >= 0.6 is 11.6 Å². The number of fused-ring (bicyclic) bond motifs is 1. The van der Waals surface area contributed by atoms with Gasteiger partial charge in [0, 0.05) is 25.7 Å². The average molecular weight is 269 g/mol. The molecule has 0 bridgehead atoms. The van der Waals surface area contributed by atoms with E-state index in [4.69, 9.17) is 11.6 Å². The maximum atomic E-state index is 13.4. The minimum Gasteiger partial charge on any atom is -0.334 e. The summed E-state index contributed by atoms with van der Waals surface area (Å²) in [6, 6.07) is 4.61. The Morgan fingerprint density at radius 1 is 1.44 bits per heavy atom. The molecule has 2 saturated heterocycles. The molecule has 2 fully saturated rings. The lowest BCUT2D eigenvalue weighted by atomic mass is 10.0. The Kier molecular flexibility index (Phi) is 2.99. The van der Waals surface area contributed by atoms with Crippen molar-refractivity contribution in [2.24, 2.45) is 5.92 Å². The van der Waals surface area contributed by atoms with Gasteiger partial charge in [0.25, 0.3) is 5.91 Å². The molecular weight excluding hydrogens is 255 g/mol. The normalized spacial score (nSPS) is 26.4. The van der Waals surface area contributed by atoms with Crippen molar-refractivity contribution >= 4 is 17.5 Å². The van der Waals surface area contributed by atoms with Gasteiger partial charge in [0.05, 0.1) is 10.6 Å². The highest BCUT2D eigenvalue weighted by molar-refractivity contribution is 6.34. The van der Waals surface area contributed by atoms with Gasteiger partial charge in [-0.25, -0.2) is 4.39 Å². The number of benzene rings is 1. The zero-order valence-corrected chi connectivity index (χ0v) is 10.6. The summed E-state index contributed by atoms with van der Waals surface area (Å²) < 4.78 is 13.4. The molecule has 0 saturated carbocycles. The maximum absolute atomic E-state index is 13.4. The van der Waals surface area contributed by atoms with Crippen LogP contribution in [0.3, 0.4) is 0 Å². The van der Waals surface area contributed by atoms with E-state index in [1.165, 1.54) is 12.1 Å². The van der Waals surface area contributed by atoms with Crippen LogP contribution in [-0.4, -0.2) is 36.5 Å². The zero-order chi connectivity index (χ0) is 12.7. The van der Waals surface area contributed by atoms with E-state index < -0.39 is 5.82 Å². The number of amides is 1. The van der Waals surface area contributed by atoms with Crippen molar-refractivity contribution in [3.63, 3.8) is 0 Å². The molecule has 1 aromatic rings. The molecule has 1 N–H and O–H groups in total. The standard InChI is InChI=1S/C13H14ClFN2O/c14-12-9(2-1-3-10(12)15)13(18)17-5-4-8-6-16-7-11(8)17/h1-3,8,11,16H,4-7H2/t8-,11+/m0/s1. The van der Waals surface area contributed by atoms with Crippen molar-refractivity contribution in [2.75, 3.05) is 19.6 Å². The Bertz CT molecular complexity index is 494. The van der Waals surface area contributed by atoms with Crippen molar-refractivity contribution in [3.05, 3.63) is 34.6 Å². The first-order valence-electron chi connectivity index (χ1n) is 6.14. The van der Waals surface area contributed by atoms with Gasteiger partial charge < -0.3 is 10.2 Å². The lowest BCUT2D eigenvalue weighted by Gasteiger charge is -2.23. The van der Waals surface area contributed by atoms with Gasteiger partial charge >= 0.3 is 0 Å². The van der Waals surface area contributed by atoms with Gasteiger partial charge in [-0.3, -0.25) is 4.79 Å². The van der Waals surface area contributed by atoms with Crippen LogP contribution in [0.4, 0.5) is 4.39 Å². The predicted octanol–water partition coefficient (Wildman–Crippen LogP) is 1.91. The van der Waals surface area contributed by atoms with Crippen molar-refractivity contribution in [3.8, 4) is 0 Å². The van der Waals surface area contributed by atoms with Gasteiger partial charge in [0.15, 0.2) is 0 Å². The molecule has 3 rings (SSSR count). The topological polar surface area (TPSA) is 32.3 Å². The second kappa shape index (κ2) is 4.52. The molecule has 5 heteroatoms. The fraction of sp³-hybridized carbons (Fsp3) is 0.462. The number of nitrogens with one attached hydrogen (secondary N) is 1. The van der Waals surface area contributed by atoms with Gasteiger partial charge in [-0.1, -0.05) is 17.7 Å². The monoisotopic (exact) mass is 268 g/mol. The third kappa shape index (κ3) is 1.80. The molecule has 0 spiro atoms. The molecule has 3 nitrogen and oxygen atoms in total. The number of carbonyl (C=O) groups excluding carboxylic acids is 1. The third-order valence-corrected chi connectivity index (χ3v) is 4.27. The maximum Gasteiger partial charge on any atom is 0.255 e. The Hall–Kier alpha value is -1.13. The Morgan fingerprint density at radius 2 is 2.28 bits per heavy atom. The van der Waals surface area contributed by atoms with Crippen LogP contribution in [0.25, 0.3) is 0 Å². The van der Waals surface area contributed by atoms with Gasteiger partial charge in [0.2, 0.25) is 0 Å². The number of nitrogens with zero attached hydrogens (tertiary/aromatic N) is 1. The van der Waals surface area contributed by atoms with Crippen LogP contribution < -0.4 is 5.32 Å². The van der Waals surface area contributed by atoms with Gasteiger partial charge in [-0.2, -0.15) is 0 Å². The highest BCUT2D eigenvalue weighted by Crippen LogP contribution is 2.30. The fourth-order valence-electron chi connectivity index (χ4n) is 2.93. The van der Waals surface area contributed by atoms with Crippen molar-refractivity contribution in [1.82, 2.24) is 10.2 Å². The van der Waals surface area contributed by atoms with Crippen LogP contribution in [0.2, 0.25) is 5.02 Å². The molecule has 0 unspecified atom stereocenters. The van der Waals surface area contributed by atoms with E-state index in [2.05, 4.69) is 5.32 Å². The molecule has 2 atom stereocenters. The van der Waals surface area contributed by atoms with E-state index >= 15 is 0 Å². The van der Waals surface area contributed by atoms with E-state index in [1.54, 1.807) is 6.07 Å². The Morgan fingerprint density at radius 3 is 3.11 bits per heavy atom. The number of rotatable bonds is 1. The summed E-state index contributed by atoms with van der Waals surface area (Å²) in [5.74, 6) is -0.167. The van der Waals surface area contributed by atoms with Crippen LogP contribution in [0.15, 0.2) is 18.2 Å². The number of hydrogen-bond acceptors (Lipinski definition) is 2. The lowest BCUT2D eigenvalue weighted by Crippen LogP contribution is -2.39. The Labute approximate surface area is 110 Å². The molecule has 2 aliphatic heterocycles. The molecule has 0 aliphatic carbocycles. The summed E-state index contributed by atoms with van der Waals surface area (Å²) in [5.41, 5.74) is 0.268. The summed E-state index contributed by atoms with van der Waals surface area (Å²) in [4.78, 5) is 14.2. The summed E-state index contributed by atoms with van der Waals surface area (Å²) >= 11 is 5.87. The molecule has 96 valence electrons. The fourth-order valence-corrected chi connectivity index (χ4v) is 3.13. The minimum absolute atomic E-state index is 0.0723. The molecule has 18 heavy (non-hydrogen) atoms. The summed E-state index contributed by atoms with van der Waals surface area (Å²) in [6.45, 7) is 2.53. The molecule has 0 aromatic heterocycles. The summed E-state index contributed by atoms with van der Waals surface area (Å²) in [7, 11) is 0. The number of halogens is 2. The van der Waals surface area contributed by atoms with Crippen LogP contribution in [0.5, 0.6) is 0 Å². The number of hydrogen-bond donors (Lipinski definition) is 1. The lowest BCUT2D eigenvalue weighted by molar-refractivity contribution is 0.0736. The predicted molar refractivity (Wildman–Crippen MR) is 67.2 cm³/mol. The highest BCUT2D eigenvalue weighted by Gasteiger charge is 2.40. The molecule has 1 amide bonds. The minimum atomic E-state index is -0.539. The van der Waals surface area contributed by atoms with E-state index in [0.717, 1.165) is 26.1 Å². The SMILES string of the molecule is O=C(c1cccc(F)c1Cl)N1CC[C@H]2CNC[C@H]21. The van der Waals surface area contributed by atoms with Crippen molar-refractivity contribution < 1.29 is 9.18 Å². The highest BCUT2D eigenvalue weighted by atomic mass is 35.5. The quantitative estimate of drug-likeness (QED) is 0.844. The molecule has 0 radical (unpaired) electrons. The Balaban J connectivity index is 1.88. The van der Waals surface area contributed by atoms with Crippen LogP contribution in [0.1, 0.15) is 16.8 Å². The number of likely N-dealkylation sites (tertiary alicyclic amines) is 1. The van der Waals surface area contributed by atoms with Gasteiger partial charge in [-0.05, 0) is 24.5 Å². The smallest absolute Gasteiger partial charge is 0.255 e. The van der Waals surface area contributed by atoms with E-state index in [-0.39, 0.29) is 22.5 Å². The summed E-state index contributed by atoms with van der Waals surface area (Å²) in [5, 5.41) is 3.21. The first-order chi connectivity index (χ1) is 8.68. The van der Waals surface area contributed by atoms with Crippen molar-refractivity contribution in [2.45, 2.75) is 12.5 Å². The molecule has 2 aliphatic rings. The van der Waals surface area contributed by atoms with Gasteiger partial charge in [0.1, 0.15) is 5.82 Å². The van der Waals surface area contributed by atoms with Gasteiger partial charge in [-0.15, -0.1) is 0 Å². The molecule has 2 heterocycles. The zero-order valence-electron chi connectivity index (χ0n) is 9.83. The molecule has 1 aromatic carbocycles. The number of carbonyl (C=O) groups is 1. The van der Waals surface area contributed by atoms with E-state index in [0.29, 0.717) is 5.92 Å². The van der Waals surface area contributed by atoms with E-state index in [1.807, 2.05) is 4.90 Å². The van der Waals surface area contributed by atoms with Crippen LogP contribution in [0, 0.1) is 11.7 Å². The first-order valence-corrected chi connectivity index (χ1v) is 6.52. The first kappa shape index (κ1) is 11.9. The summed E-state index contributed by atoms with van der Waals surface area (Å²) in [6.07, 6.45) is 1.01. The van der Waals surface area contributed by atoms with Crippen molar-refractivity contribution in [1.29, 1.82) is 0 Å². The second-order valence-corrected chi connectivity index (χ2v) is 5.25. The average Bonchev–Trinajstić information content (AvgIpc) is 2.94. The van der Waals surface area contributed by atoms with Crippen LogP contribution in [-0.2, 0) is 0 Å². The van der Waals surface area contributed by atoms with E-state index in [9.17, 15) is 9.18 Å². The second-order valence-electron chi connectivity index (χ2n) is 4.87. The third-order valence-electron chi connectivity index (χ3n) is 3.89. The molecular formula is C13H14ClFN2O. The largest absolute Gasteiger partial charge is 0.334 e.